The first kappa shape index (κ1) is 14.2. The smallest absolute Gasteiger partial charge is 0.327 e. The molecule has 0 bridgehead atoms. The highest BCUT2D eigenvalue weighted by Crippen LogP contribution is 2.33. The summed E-state index contributed by atoms with van der Waals surface area (Å²) in [5, 5.41) is 0. The summed E-state index contributed by atoms with van der Waals surface area (Å²) in [6.07, 6.45) is 0. The van der Waals surface area contributed by atoms with Gasteiger partial charge in [0.2, 0.25) is 0 Å². The Bertz CT molecular complexity index is 380. The van der Waals surface area contributed by atoms with Crippen molar-refractivity contribution >= 4 is 21.9 Å². The largest absolute Gasteiger partial charge is 0.465 e. The normalized spacial score (nSPS) is 14.5. The fourth-order valence-electron chi connectivity index (χ4n) is 1.57. The Morgan fingerprint density at radius 1 is 1.35 bits per heavy atom. The predicted octanol–water partition coefficient (Wildman–Crippen LogP) is 3.98. The van der Waals surface area contributed by atoms with Gasteiger partial charge in [-0.25, -0.2) is 0 Å². The molecule has 1 unspecified atom stereocenters. The zero-order valence-corrected chi connectivity index (χ0v) is 12.4. The molecule has 94 valence electrons. The van der Waals surface area contributed by atoms with Crippen molar-refractivity contribution in [1.29, 1.82) is 0 Å². The summed E-state index contributed by atoms with van der Waals surface area (Å²) >= 11 is 3.44. The second-order valence-corrected chi connectivity index (χ2v) is 6.09. The third kappa shape index (κ3) is 3.32. The number of carbonyl (C=O) groups is 1. The minimum Gasteiger partial charge on any atom is -0.465 e. The summed E-state index contributed by atoms with van der Waals surface area (Å²) < 4.78 is 4.29. The van der Waals surface area contributed by atoms with Gasteiger partial charge in [-0.2, -0.15) is 0 Å². The fourth-order valence-corrected chi connectivity index (χ4v) is 1.94. The lowest BCUT2D eigenvalue weighted by Crippen LogP contribution is -2.28. The highest BCUT2D eigenvalue weighted by atomic mass is 79.9. The van der Waals surface area contributed by atoms with Gasteiger partial charge >= 0.3 is 5.97 Å². The summed E-state index contributed by atoms with van der Waals surface area (Å²) in [6, 6.07) is 8.06. The van der Waals surface area contributed by atoms with Crippen molar-refractivity contribution in [3.8, 4) is 0 Å². The third-order valence-electron chi connectivity index (χ3n) is 2.78. The maximum Gasteiger partial charge on any atom is 0.327 e. The van der Waals surface area contributed by atoms with Crippen molar-refractivity contribution in [2.75, 3.05) is 6.61 Å². The molecule has 0 spiro atoms. The first-order chi connectivity index (χ1) is 7.89. The van der Waals surface area contributed by atoms with Gasteiger partial charge in [0.25, 0.3) is 0 Å². The molecule has 0 aliphatic carbocycles. The van der Waals surface area contributed by atoms with Gasteiger partial charge < -0.3 is 4.74 Å². The molecule has 1 rings (SSSR count). The van der Waals surface area contributed by atoms with Crippen LogP contribution in [0, 0.1) is 0 Å². The lowest BCUT2D eigenvalue weighted by Gasteiger charge is -2.21. The summed E-state index contributed by atoms with van der Waals surface area (Å²) in [7, 11) is 0. The number of halogens is 1. The van der Waals surface area contributed by atoms with Gasteiger partial charge in [0, 0.05) is 0 Å². The molecule has 1 atom stereocenters. The number of benzene rings is 1. The van der Waals surface area contributed by atoms with Crippen LogP contribution in [-0.2, 0) is 13.9 Å². The highest BCUT2D eigenvalue weighted by molar-refractivity contribution is 9.10. The highest BCUT2D eigenvalue weighted by Gasteiger charge is 2.33. The lowest BCUT2D eigenvalue weighted by molar-refractivity contribution is -0.145. The van der Waals surface area contributed by atoms with Crippen LogP contribution in [0.4, 0.5) is 0 Å². The van der Waals surface area contributed by atoms with E-state index in [0.29, 0.717) is 12.5 Å². The Morgan fingerprint density at radius 2 is 1.88 bits per heavy atom. The standard InChI is InChI=1S/C14H19BrO2/c1-5-17-13(16)14(4,15)12-8-6-11(7-9-12)10(2)3/h6-10H,5H2,1-4H3. The molecule has 3 heteroatoms. The Kier molecular flexibility index (Phi) is 4.75. The van der Waals surface area contributed by atoms with Crippen molar-refractivity contribution in [3.05, 3.63) is 35.4 Å². The Hall–Kier alpha value is -0.830. The number of ether oxygens (including phenoxy) is 1. The van der Waals surface area contributed by atoms with E-state index in [1.54, 1.807) is 0 Å². The van der Waals surface area contributed by atoms with Crippen LogP contribution in [0.1, 0.15) is 44.7 Å². The van der Waals surface area contributed by atoms with E-state index in [4.69, 9.17) is 4.74 Å². The van der Waals surface area contributed by atoms with E-state index in [1.165, 1.54) is 5.56 Å². The molecule has 0 saturated heterocycles. The van der Waals surface area contributed by atoms with Crippen LogP contribution in [0.5, 0.6) is 0 Å². The van der Waals surface area contributed by atoms with Crippen LogP contribution >= 0.6 is 15.9 Å². The van der Waals surface area contributed by atoms with E-state index in [1.807, 2.05) is 26.0 Å². The fraction of sp³-hybridized carbons (Fsp3) is 0.500. The molecule has 0 radical (unpaired) electrons. The van der Waals surface area contributed by atoms with Gasteiger partial charge in [0.1, 0.15) is 4.32 Å². The van der Waals surface area contributed by atoms with E-state index >= 15 is 0 Å². The maximum atomic E-state index is 11.8. The summed E-state index contributed by atoms with van der Waals surface area (Å²) in [5.74, 6) is 0.241. The molecule has 1 aromatic carbocycles. The molecule has 0 aliphatic rings. The maximum absolute atomic E-state index is 11.8. The van der Waals surface area contributed by atoms with Crippen molar-refractivity contribution in [2.45, 2.75) is 37.9 Å². The lowest BCUT2D eigenvalue weighted by atomic mass is 9.96. The first-order valence-corrected chi connectivity index (χ1v) is 6.65. The number of alkyl halides is 1. The van der Waals surface area contributed by atoms with Crippen molar-refractivity contribution in [2.24, 2.45) is 0 Å². The number of carbonyl (C=O) groups excluding carboxylic acids is 1. The first-order valence-electron chi connectivity index (χ1n) is 5.86. The van der Waals surface area contributed by atoms with Gasteiger partial charge in [-0.15, -0.1) is 0 Å². The van der Waals surface area contributed by atoms with Gasteiger partial charge in [0.15, 0.2) is 0 Å². The van der Waals surface area contributed by atoms with Crippen LogP contribution in [0.3, 0.4) is 0 Å². The average Bonchev–Trinajstić information content (AvgIpc) is 2.29. The number of hydrogen-bond donors (Lipinski definition) is 0. The summed E-state index contributed by atoms with van der Waals surface area (Å²) in [5.41, 5.74) is 2.18. The second-order valence-electron chi connectivity index (χ2n) is 4.50. The van der Waals surface area contributed by atoms with Crippen molar-refractivity contribution in [3.63, 3.8) is 0 Å². The molecule has 0 fully saturated rings. The molecule has 0 aromatic heterocycles. The predicted molar refractivity (Wildman–Crippen MR) is 73.4 cm³/mol. The minimum atomic E-state index is -0.765. The van der Waals surface area contributed by atoms with E-state index < -0.39 is 4.32 Å². The third-order valence-corrected chi connectivity index (χ3v) is 3.56. The van der Waals surface area contributed by atoms with Crippen molar-refractivity contribution in [1.82, 2.24) is 0 Å². The number of hydrogen-bond acceptors (Lipinski definition) is 2. The molecular formula is C14H19BrO2. The molecule has 2 nitrogen and oxygen atoms in total. The molecule has 0 aliphatic heterocycles. The number of rotatable bonds is 4. The van der Waals surface area contributed by atoms with E-state index in [-0.39, 0.29) is 5.97 Å². The van der Waals surface area contributed by atoms with E-state index in [2.05, 4.69) is 41.9 Å². The molecule has 0 heterocycles. The summed E-state index contributed by atoms with van der Waals surface area (Å²) in [4.78, 5) is 11.8. The van der Waals surface area contributed by atoms with Crippen molar-refractivity contribution < 1.29 is 9.53 Å². The Labute approximate surface area is 111 Å². The zero-order valence-electron chi connectivity index (χ0n) is 10.8. The Balaban J connectivity index is 2.95. The van der Waals surface area contributed by atoms with Gasteiger partial charge in [-0.1, -0.05) is 54.0 Å². The molecule has 17 heavy (non-hydrogen) atoms. The monoisotopic (exact) mass is 298 g/mol. The SMILES string of the molecule is CCOC(=O)C(C)(Br)c1ccc(C(C)C)cc1. The molecular weight excluding hydrogens is 280 g/mol. The van der Waals surface area contributed by atoms with E-state index in [0.717, 1.165) is 5.56 Å². The molecule has 1 aromatic rings. The van der Waals surface area contributed by atoms with Crippen LogP contribution in [0.15, 0.2) is 24.3 Å². The van der Waals surface area contributed by atoms with Crippen LogP contribution in [0.25, 0.3) is 0 Å². The zero-order chi connectivity index (χ0) is 13.1. The average molecular weight is 299 g/mol. The molecule has 0 N–H and O–H groups in total. The van der Waals surface area contributed by atoms with Gasteiger partial charge in [-0.3, -0.25) is 4.79 Å². The van der Waals surface area contributed by atoms with E-state index in [9.17, 15) is 4.79 Å². The van der Waals surface area contributed by atoms with Gasteiger partial charge in [-0.05, 0) is 30.9 Å². The number of esters is 1. The second kappa shape index (κ2) is 5.67. The van der Waals surface area contributed by atoms with Crippen LogP contribution < -0.4 is 0 Å². The Morgan fingerprint density at radius 3 is 2.29 bits per heavy atom. The van der Waals surface area contributed by atoms with Gasteiger partial charge in [0.05, 0.1) is 6.61 Å². The quantitative estimate of drug-likeness (QED) is 0.621. The van der Waals surface area contributed by atoms with Crippen LogP contribution in [0.2, 0.25) is 0 Å². The molecule has 0 saturated carbocycles. The summed E-state index contributed by atoms with van der Waals surface area (Å²) in [6.45, 7) is 8.31. The minimum absolute atomic E-state index is 0.253. The topological polar surface area (TPSA) is 26.3 Å². The molecule has 0 amide bonds. The van der Waals surface area contributed by atoms with Crippen LogP contribution in [-0.4, -0.2) is 12.6 Å².